The van der Waals surface area contributed by atoms with Crippen molar-refractivity contribution in [3.63, 3.8) is 0 Å². The highest BCUT2D eigenvalue weighted by Crippen LogP contribution is 2.38. The normalized spacial score (nSPS) is 25.8. The van der Waals surface area contributed by atoms with Gasteiger partial charge in [-0.15, -0.1) is 0 Å². The lowest BCUT2D eigenvalue weighted by atomic mass is 10.0. The van der Waals surface area contributed by atoms with Gasteiger partial charge in [0.2, 0.25) is 5.75 Å². The van der Waals surface area contributed by atoms with Crippen LogP contribution < -0.4 is 19.5 Å². The maximum atomic E-state index is 12.5. The zero-order valence-corrected chi connectivity index (χ0v) is 13.8. The molecule has 23 heavy (non-hydrogen) atoms. The minimum atomic E-state index is -0.351. The Morgan fingerprint density at radius 2 is 1.57 bits per heavy atom. The lowest BCUT2D eigenvalue weighted by Gasteiger charge is -2.28. The second-order valence-electron chi connectivity index (χ2n) is 6.05. The van der Waals surface area contributed by atoms with Gasteiger partial charge >= 0.3 is 5.97 Å². The van der Waals surface area contributed by atoms with E-state index in [1.165, 1.54) is 34.2 Å². The van der Waals surface area contributed by atoms with Gasteiger partial charge in [0.15, 0.2) is 11.5 Å². The Bertz CT molecular complexity index is 551. The van der Waals surface area contributed by atoms with Gasteiger partial charge in [0, 0.05) is 12.1 Å². The fourth-order valence-electron chi connectivity index (χ4n) is 3.52. The van der Waals surface area contributed by atoms with Crippen molar-refractivity contribution in [1.82, 2.24) is 5.32 Å². The van der Waals surface area contributed by atoms with Crippen LogP contribution in [0, 0.1) is 0 Å². The van der Waals surface area contributed by atoms with Crippen LogP contribution in [0.2, 0.25) is 0 Å². The highest BCUT2D eigenvalue weighted by molar-refractivity contribution is 5.91. The van der Waals surface area contributed by atoms with Gasteiger partial charge in [0.25, 0.3) is 0 Å². The molecule has 1 aromatic rings. The number of esters is 1. The summed E-state index contributed by atoms with van der Waals surface area (Å²) in [6.07, 6.45) is 4.07. The van der Waals surface area contributed by atoms with Crippen LogP contribution in [0.25, 0.3) is 0 Å². The summed E-state index contributed by atoms with van der Waals surface area (Å²) >= 11 is 0. The van der Waals surface area contributed by atoms with Crippen LogP contribution in [0.4, 0.5) is 0 Å². The molecule has 2 fully saturated rings. The first-order chi connectivity index (χ1) is 11.1. The van der Waals surface area contributed by atoms with Gasteiger partial charge in [-0.25, -0.2) is 4.79 Å². The second-order valence-corrected chi connectivity index (χ2v) is 6.05. The lowest BCUT2D eigenvalue weighted by Crippen LogP contribution is -2.42. The second kappa shape index (κ2) is 6.66. The third kappa shape index (κ3) is 3.22. The van der Waals surface area contributed by atoms with E-state index in [1.54, 1.807) is 12.1 Å². The van der Waals surface area contributed by atoms with Crippen molar-refractivity contribution in [1.29, 1.82) is 0 Å². The smallest absolute Gasteiger partial charge is 0.338 e. The quantitative estimate of drug-likeness (QED) is 0.838. The van der Waals surface area contributed by atoms with Crippen LogP contribution in [-0.2, 0) is 4.74 Å². The van der Waals surface area contributed by atoms with Gasteiger partial charge in [0.05, 0.1) is 26.9 Å². The Hall–Kier alpha value is -1.95. The summed E-state index contributed by atoms with van der Waals surface area (Å²) < 4.78 is 21.5. The number of ether oxygens (including phenoxy) is 4. The van der Waals surface area contributed by atoms with Crippen molar-refractivity contribution in [3.8, 4) is 17.2 Å². The number of piperidine rings is 1. The van der Waals surface area contributed by atoms with Crippen LogP contribution in [0.5, 0.6) is 17.2 Å². The molecule has 2 atom stereocenters. The fraction of sp³-hybridized carbons (Fsp3) is 0.588. The number of carbonyl (C=O) groups is 1. The summed E-state index contributed by atoms with van der Waals surface area (Å²) in [6.45, 7) is 0. The van der Waals surface area contributed by atoms with Crippen LogP contribution in [0.15, 0.2) is 12.1 Å². The molecule has 2 saturated heterocycles. The van der Waals surface area contributed by atoms with Gasteiger partial charge in [-0.2, -0.15) is 0 Å². The van der Waals surface area contributed by atoms with Crippen LogP contribution in [0.3, 0.4) is 0 Å². The molecule has 6 nitrogen and oxygen atoms in total. The van der Waals surface area contributed by atoms with E-state index in [0.717, 1.165) is 12.8 Å². The summed E-state index contributed by atoms with van der Waals surface area (Å²) in [5.41, 5.74) is 0.408. The van der Waals surface area contributed by atoms with Gasteiger partial charge in [-0.1, -0.05) is 0 Å². The molecular formula is C17H23NO5. The maximum absolute atomic E-state index is 12.5. The number of hydrogen-bond donors (Lipinski definition) is 1. The summed E-state index contributed by atoms with van der Waals surface area (Å²) in [5.74, 6) is 1.01. The molecule has 0 aliphatic carbocycles. The number of nitrogens with one attached hydrogen (secondary N) is 1. The third-order valence-electron chi connectivity index (χ3n) is 4.60. The number of rotatable bonds is 5. The molecule has 0 aromatic heterocycles. The summed E-state index contributed by atoms with van der Waals surface area (Å²) in [5, 5.41) is 3.54. The van der Waals surface area contributed by atoms with Crippen molar-refractivity contribution < 1.29 is 23.7 Å². The zero-order chi connectivity index (χ0) is 16.4. The number of fused-ring (bicyclic) bond motifs is 2. The third-order valence-corrected chi connectivity index (χ3v) is 4.60. The van der Waals surface area contributed by atoms with E-state index >= 15 is 0 Å². The predicted octanol–water partition coefficient (Wildman–Crippen LogP) is 2.15. The Morgan fingerprint density at radius 1 is 1.00 bits per heavy atom. The van der Waals surface area contributed by atoms with Crippen molar-refractivity contribution >= 4 is 5.97 Å². The van der Waals surface area contributed by atoms with Crippen molar-refractivity contribution in [3.05, 3.63) is 17.7 Å². The Morgan fingerprint density at radius 3 is 2.04 bits per heavy atom. The molecule has 2 unspecified atom stereocenters. The van der Waals surface area contributed by atoms with Crippen LogP contribution in [0.1, 0.15) is 36.0 Å². The molecular weight excluding hydrogens is 298 g/mol. The zero-order valence-electron chi connectivity index (χ0n) is 13.8. The topological polar surface area (TPSA) is 66.0 Å². The van der Waals surface area contributed by atoms with E-state index in [1.807, 2.05) is 0 Å². The molecule has 2 bridgehead atoms. The molecule has 126 valence electrons. The van der Waals surface area contributed by atoms with Crippen LogP contribution >= 0.6 is 0 Å². The number of methoxy groups -OCH3 is 3. The van der Waals surface area contributed by atoms with Gasteiger partial charge in [0.1, 0.15) is 6.10 Å². The Labute approximate surface area is 136 Å². The average Bonchev–Trinajstić information content (AvgIpc) is 2.91. The summed E-state index contributed by atoms with van der Waals surface area (Å²) in [7, 11) is 4.58. The van der Waals surface area contributed by atoms with Gasteiger partial charge < -0.3 is 24.3 Å². The highest BCUT2D eigenvalue weighted by Gasteiger charge is 2.35. The maximum Gasteiger partial charge on any atom is 0.338 e. The molecule has 2 aliphatic heterocycles. The average molecular weight is 321 g/mol. The van der Waals surface area contributed by atoms with E-state index in [4.69, 9.17) is 18.9 Å². The Kier molecular flexibility index (Phi) is 4.61. The summed E-state index contributed by atoms with van der Waals surface area (Å²) in [4.78, 5) is 12.5. The molecule has 0 radical (unpaired) electrons. The molecule has 2 aliphatic rings. The minimum Gasteiger partial charge on any atom is -0.493 e. The molecule has 6 heteroatoms. The monoisotopic (exact) mass is 321 g/mol. The Balaban J connectivity index is 1.76. The molecule has 2 heterocycles. The van der Waals surface area contributed by atoms with E-state index in [9.17, 15) is 4.79 Å². The molecule has 0 spiro atoms. The molecule has 0 saturated carbocycles. The van der Waals surface area contributed by atoms with E-state index < -0.39 is 0 Å². The molecule has 0 amide bonds. The first-order valence-electron chi connectivity index (χ1n) is 7.91. The van der Waals surface area contributed by atoms with Crippen molar-refractivity contribution in [2.24, 2.45) is 0 Å². The van der Waals surface area contributed by atoms with Crippen LogP contribution in [-0.4, -0.2) is 45.5 Å². The number of benzene rings is 1. The molecule has 3 rings (SSSR count). The van der Waals surface area contributed by atoms with Crippen molar-refractivity contribution in [2.45, 2.75) is 43.9 Å². The largest absolute Gasteiger partial charge is 0.493 e. The first kappa shape index (κ1) is 15.9. The SMILES string of the molecule is COc1cc(C(=O)OC2CC3CCC(C2)N3)cc(OC)c1OC. The highest BCUT2D eigenvalue weighted by atomic mass is 16.5. The fourth-order valence-corrected chi connectivity index (χ4v) is 3.52. The van der Waals surface area contributed by atoms with Gasteiger partial charge in [-0.3, -0.25) is 0 Å². The first-order valence-corrected chi connectivity index (χ1v) is 7.91. The van der Waals surface area contributed by atoms with Crippen molar-refractivity contribution in [2.75, 3.05) is 21.3 Å². The number of hydrogen-bond acceptors (Lipinski definition) is 6. The van der Waals surface area contributed by atoms with E-state index in [2.05, 4.69) is 5.32 Å². The van der Waals surface area contributed by atoms with Gasteiger partial charge in [-0.05, 0) is 37.8 Å². The summed E-state index contributed by atoms with van der Waals surface area (Å²) in [6, 6.07) is 4.21. The van der Waals surface area contributed by atoms with E-state index in [0.29, 0.717) is 34.9 Å². The minimum absolute atomic E-state index is 0.0275. The molecule has 1 N–H and O–H groups in total. The predicted molar refractivity (Wildman–Crippen MR) is 84.5 cm³/mol. The van der Waals surface area contributed by atoms with E-state index in [-0.39, 0.29) is 12.1 Å². The molecule has 1 aromatic carbocycles. The lowest BCUT2D eigenvalue weighted by molar-refractivity contribution is 0.0176. The standard InChI is InChI=1S/C17H23NO5/c1-20-14-6-10(7-15(21-2)16(14)22-3)17(19)23-13-8-11-4-5-12(9-13)18-11/h6-7,11-13,18H,4-5,8-9H2,1-3H3. The number of carbonyl (C=O) groups excluding carboxylic acids is 1.